The van der Waals surface area contributed by atoms with Gasteiger partial charge in [0.1, 0.15) is 6.67 Å². The molecule has 0 spiro atoms. The van der Waals surface area contributed by atoms with Crippen LogP contribution in [0.2, 0.25) is 5.02 Å². The van der Waals surface area contributed by atoms with Gasteiger partial charge in [-0.1, -0.05) is 11.6 Å². The normalized spacial score (nSPS) is 14.0. The first-order chi connectivity index (χ1) is 14.3. The first-order valence-corrected chi connectivity index (χ1v) is 12.5. The third kappa shape index (κ3) is 4.04. The van der Waals surface area contributed by atoms with Crippen molar-refractivity contribution in [2.45, 2.75) is 37.9 Å². The summed E-state index contributed by atoms with van der Waals surface area (Å²) in [4.78, 5) is 2.57. The average Bonchev–Trinajstić information content (AvgIpc) is 3.03. The Bertz CT molecular complexity index is 1250. The van der Waals surface area contributed by atoms with Crippen molar-refractivity contribution < 1.29 is 8.42 Å². The Morgan fingerprint density at radius 3 is 2.57 bits per heavy atom. The van der Waals surface area contributed by atoms with Crippen molar-refractivity contribution >= 4 is 39.3 Å². The lowest BCUT2D eigenvalue weighted by Gasteiger charge is -2.31. The molecule has 30 heavy (non-hydrogen) atoms. The molecule has 2 aromatic carbocycles. The minimum Gasteiger partial charge on any atom is -0.352 e. The van der Waals surface area contributed by atoms with Gasteiger partial charge in [0, 0.05) is 35.6 Å². The molecule has 0 fully saturated rings. The first-order valence-electron chi connectivity index (χ1n) is 9.79. The number of nitrogens with zero attached hydrogens (tertiary/aromatic N) is 4. The largest absolute Gasteiger partial charge is 0.352 e. The fourth-order valence-corrected chi connectivity index (χ4v) is 4.93. The Hall–Kier alpha value is -2.16. The second kappa shape index (κ2) is 8.17. The zero-order valence-corrected chi connectivity index (χ0v) is 19.3. The molecule has 6 nitrogen and oxygen atoms in total. The van der Waals surface area contributed by atoms with Crippen LogP contribution in [-0.2, 0) is 29.5 Å². The number of aromatic nitrogens is 3. The lowest BCUT2D eigenvalue weighted by atomic mass is 10.0. The Balaban J connectivity index is 1.69. The van der Waals surface area contributed by atoms with Crippen molar-refractivity contribution in [1.29, 1.82) is 0 Å². The molecule has 0 saturated heterocycles. The molecule has 158 valence electrons. The molecule has 1 aliphatic heterocycles. The molecule has 0 N–H and O–H groups in total. The van der Waals surface area contributed by atoms with Crippen molar-refractivity contribution in [3.8, 4) is 11.4 Å². The third-order valence-corrected chi connectivity index (χ3v) is 7.13. The van der Waals surface area contributed by atoms with Gasteiger partial charge in [-0.2, -0.15) is 0 Å². The number of rotatable bonds is 5. The highest BCUT2D eigenvalue weighted by atomic mass is 35.5. The minimum atomic E-state index is -3.22. The number of benzene rings is 2. The molecular formula is C21H23ClN4O2S2. The summed E-state index contributed by atoms with van der Waals surface area (Å²) in [7, 11) is -3.22. The lowest BCUT2D eigenvalue weighted by Crippen LogP contribution is -2.32. The van der Waals surface area contributed by atoms with Crippen LogP contribution in [-0.4, -0.2) is 35.6 Å². The van der Waals surface area contributed by atoms with Crippen molar-refractivity contribution in [3.05, 3.63) is 57.8 Å². The van der Waals surface area contributed by atoms with Gasteiger partial charge in [0.05, 0.1) is 4.90 Å². The molecule has 2 heterocycles. The summed E-state index contributed by atoms with van der Waals surface area (Å²) in [6.07, 6.45) is 3.05. The third-order valence-electron chi connectivity index (χ3n) is 5.34. The van der Waals surface area contributed by atoms with Crippen LogP contribution in [0.25, 0.3) is 11.4 Å². The number of aryl methyl sites for hydroxylation is 1. The zero-order chi connectivity index (χ0) is 21.5. The number of halogens is 1. The number of fused-ring (bicyclic) bond motifs is 1. The fraction of sp³-hybridized carbons (Fsp3) is 0.333. The quantitative estimate of drug-likeness (QED) is 0.520. The van der Waals surface area contributed by atoms with Gasteiger partial charge in [-0.25, -0.2) is 13.1 Å². The van der Waals surface area contributed by atoms with E-state index in [9.17, 15) is 8.42 Å². The van der Waals surface area contributed by atoms with Gasteiger partial charge >= 0.3 is 0 Å². The van der Waals surface area contributed by atoms with E-state index in [1.807, 2.05) is 46.5 Å². The summed E-state index contributed by atoms with van der Waals surface area (Å²) in [6.45, 7) is 4.13. The summed E-state index contributed by atoms with van der Waals surface area (Å²) in [5.41, 5.74) is 3.04. The Morgan fingerprint density at radius 2 is 1.90 bits per heavy atom. The number of anilines is 1. The van der Waals surface area contributed by atoms with E-state index in [-0.39, 0.29) is 0 Å². The predicted molar refractivity (Wildman–Crippen MR) is 122 cm³/mol. The minimum absolute atomic E-state index is 0.361. The standard InChI is InChI=1S/C21H23ClN4O2S2/c1-3-25-20(15-6-8-17(22)9-7-15)23-26(21(25)29)14-24-12-4-5-16-13-18(30(2,27)28)10-11-19(16)24/h6-11,13H,3-5,12,14H2,1-2H3. The zero-order valence-electron chi connectivity index (χ0n) is 16.9. The molecule has 1 aromatic heterocycles. The summed E-state index contributed by atoms with van der Waals surface area (Å²) >= 11 is 11.7. The van der Waals surface area contributed by atoms with Crippen molar-refractivity contribution in [2.75, 3.05) is 17.7 Å². The summed E-state index contributed by atoms with van der Waals surface area (Å²) < 4.78 is 28.3. The van der Waals surface area contributed by atoms with Gasteiger partial charge in [0.25, 0.3) is 0 Å². The fourth-order valence-electron chi connectivity index (χ4n) is 3.82. The molecule has 0 radical (unpaired) electrons. The van der Waals surface area contributed by atoms with Crippen molar-refractivity contribution in [2.24, 2.45) is 0 Å². The molecule has 1 aliphatic rings. The smallest absolute Gasteiger partial charge is 0.199 e. The average molecular weight is 463 g/mol. The van der Waals surface area contributed by atoms with Crippen molar-refractivity contribution in [1.82, 2.24) is 14.3 Å². The highest BCUT2D eigenvalue weighted by Gasteiger charge is 2.21. The summed E-state index contributed by atoms with van der Waals surface area (Å²) in [5, 5.41) is 5.48. The van der Waals surface area contributed by atoms with E-state index in [0.717, 1.165) is 42.0 Å². The van der Waals surface area contributed by atoms with Crippen LogP contribution >= 0.6 is 23.8 Å². The van der Waals surface area contributed by atoms with Gasteiger partial charge < -0.3 is 9.47 Å². The van der Waals surface area contributed by atoms with E-state index in [4.69, 9.17) is 28.9 Å². The molecule has 0 atom stereocenters. The van der Waals surface area contributed by atoms with Crippen LogP contribution < -0.4 is 4.90 Å². The van der Waals surface area contributed by atoms with Crippen LogP contribution in [0.3, 0.4) is 0 Å². The predicted octanol–water partition coefficient (Wildman–Crippen LogP) is 4.57. The molecule has 0 aliphatic carbocycles. The molecule has 0 saturated carbocycles. The van der Waals surface area contributed by atoms with Gasteiger partial charge in [0.2, 0.25) is 0 Å². The van der Waals surface area contributed by atoms with E-state index in [2.05, 4.69) is 4.90 Å². The van der Waals surface area contributed by atoms with E-state index < -0.39 is 9.84 Å². The Morgan fingerprint density at radius 1 is 1.17 bits per heavy atom. The second-order valence-electron chi connectivity index (χ2n) is 7.43. The van der Waals surface area contributed by atoms with Crippen LogP contribution in [0.15, 0.2) is 47.4 Å². The number of hydrogen-bond donors (Lipinski definition) is 0. The molecular weight excluding hydrogens is 440 g/mol. The molecule has 9 heteroatoms. The number of sulfone groups is 1. The SMILES string of the molecule is CCn1c(-c2ccc(Cl)cc2)nn(CN2CCCc3cc(S(C)(=O)=O)ccc32)c1=S. The highest BCUT2D eigenvalue weighted by molar-refractivity contribution is 7.90. The van der Waals surface area contributed by atoms with Gasteiger partial charge in [-0.3, -0.25) is 0 Å². The summed E-state index contributed by atoms with van der Waals surface area (Å²) in [6, 6.07) is 12.9. The Labute approximate surface area is 186 Å². The maximum atomic E-state index is 11.9. The molecule has 3 aromatic rings. The van der Waals surface area contributed by atoms with Crippen LogP contribution in [0.1, 0.15) is 18.9 Å². The van der Waals surface area contributed by atoms with E-state index in [1.165, 1.54) is 6.26 Å². The molecule has 0 amide bonds. The van der Waals surface area contributed by atoms with E-state index in [0.29, 0.717) is 27.9 Å². The maximum absolute atomic E-state index is 11.9. The molecule has 0 bridgehead atoms. The summed E-state index contributed by atoms with van der Waals surface area (Å²) in [5.74, 6) is 0.809. The second-order valence-corrected chi connectivity index (χ2v) is 10.2. The van der Waals surface area contributed by atoms with Crippen molar-refractivity contribution in [3.63, 3.8) is 0 Å². The van der Waals surface area contributed by atoms with E-state index in [1.54, 1.807) is 12.1 Å². The van der Waals surface area contributed by atoms with Crippen LogP contribution in [0.4, 0.5) is 5.69 Å². The van der Waals surface area contributed by atoms with Gasteiger partial charge in [-0.15, -0.1) is 5.10 Å². The monoisotopic (exact) mass is 462 g/mol. The van der Waals surface area contributed by atoms with Gasteiger partial charge in [0.15, 0.2) is 20.4 Å². The topological polar surface area (TPSA) is 60.1 Å². The Kier molecular flexibility index (Phi) is 5.74. The van der Waals surface area contributed by atoms with Gasteiger partial charge in [-0.05, 0) is 80.0 Å². The van der Waals surface area contributed by atoms with Crippen LogP contribution in [0.5, 0.6) is 0 Å². The maximum Gasteiger partial charge on any atom is 0.199 e. The molecule has 4 rings (SSSR count). The lowest BCUT2D eigenvalue weighted by molar-refractivity contribution is 0.541. The highest BCUT2D eigenvalue weighted by Crippen LogP contribution is 2.30. The first kappa shape index (κ1) is 21.1. The van der Waals surface area contributed by atoms with Crippen LogP contribution in [0, 0.1) is 4.77 Å². The molecule has 0 unspecified atom stereocenters. The van der Waals surface area contributed by atoms with E-state index >= 15 is 0 Å². The number of hydrogen-bond acceptors (Lipinski definition) is 5.